The summed E-state index contributed by atoms with van der Waals surface area (Å²) in [6.07, 6.45) is 10.6. The third-order valence-electron chi connectivity index (χ3n) is 6.99. The van der Waals surface area contributed by atoms with E-state index in [0.29, 0.717) is 18.0 Å². The van der Waals surface area contributed by atoms with Gasteiger partial charge in [0.1, 0.15) is 5.82 Å². The van der Waals surface area contributed by atoms with Crippen LogP contribution in [0.4, 0.5) is 0 Å². The SMILES string of the molecule is Cn1ccnc1CN(C(=O)c1cccc2c1CCC2)C1CC12CCNCC2. The van der Waals surface area contributed by atoms with Crippen molar-refractivity contribution in [2.24, 2.45) is 12.5 Å². The first-order valence-electron chi connectivity index (χ1n) is 10.3. The number of rotatable bonds is 4. The number of fused-ring (bicyclic) bond motifs is 1. The molecule has 2 aliphatic carbocycles. The zero-order valence-corrected chi connectivity index (χ0v) is 16.1. The van der Waals surface area contributed by atoms with Gasteiger partial charge in [0.15, 0.2) is 0 Å². The van der Waals surface area contributed by atoms with Crippen LogP contribution in [0.25, 0.3) is 0 Å². The molecule has 0 bridgehead atoms. The van der Waals surface area contributed by atoms with Gasteiger partial charge in [-0.15, -0.1) is 0 Å². The number of benzene rings is 1. The molecule has 2 heterocycles. The molecule has 1 saturated heterocycles. The number of nitrogens with one attached hydrogen (secondary N) is 1. The van der Waals surface area contributed by atoms with Crippen molar-refractivity contribution in [2.75, 3.05) is 13.1 Å². The Kier molecular flexibility index (Phi) is 4.08. The predicted octanol–water partition coefficient (Wildman–Crippen LogP) is 2.69. The van der Waals surface area contributed by atoms with Gasteiger partial charge in [0, 0.05) is 31.0 Å². The Bertz CT molecular complexity index is 865. The minimum Gasteiger partial charge on any atom is -0.337 e. The zero-order valence-electron chi connectivity index (χ0n) is 16.1. The number of imidazole rings is 1. The molecular weight excluding hydrogens is 336 g/mol. The lowest BCUT2D eigenvalue weighted by Crippen LogP contribution is -2.40. The number of aryl methyl sites for hydroxylation is 2. The van der Waals surface area contributed by atoms with Crippen molar-refractivity contribution < 1.29 is 4.79 Å². The van der Waals surface area contributed by atoms with Gasteiger partial charge in [0.05, 0.1) is 6.54 Å². The summed E-state index contributed by atoms with van der Waals surface area (Å²) in [7, 11) is 2.01. The van der Waals surface area contributed by atoms with E-state index in [1.165, 1.54) is 24.0 Å². The molecule has 1 N–H and O–H groups in total. The van der Waals surface area contributed by atoms with Crippen molar-refractivity contribution in [1.82, 2.24) is 19.8 Å². The number of nitrogens with zero attached hydrogens (tertiary/aromatic N) is 3. The Morgan fingerprint density at radius 3 is 2.96 bits per heavy atom. The molecule has 1 aromatic carbocycles. The van der Waals surface area contributed by atoms with Crippen molar-refractivity contribution in [3.63, 3.8) is 0 Å². The fourth-order valence-corrected chi connectivity index (χ4v) is 5.23. The van der Waals surface area contributed by atoms with E-state index in [-0.39, 0.29) is 5.91 Å². The Hall–Kier alpha value is -2.14. The standard InChI is InChI=1S/C22H28N4O/c1-25-13-12-24-20(25)15-26(19-14-22(19)8-10-23-11-9-22)21(27)18-7-3-5-16-4-2-6-17(16)18/h3,5,7,12-13,19,23H,2,4,6,8-11,14-15H2,1H3. The maximum absolute atomic E-state index is 13.7. The maximum atomic E-state index is 13.7. The van der Waals surface area contributed by atoms with Crippen molar-refractivity contribution >= 4 is 5.91 Å². The summed E-state index contributed by atoms with van der Waals surface area (Å²) in [6.45, 7) is 2.75. The van der Waals surface area contributed by atoms with E-state index < -0.39 is 0 Å². The van der Waals surface area contributed by atoms with Gasteiger partial charge in [-0.3, -0.25) is 4.79 Å². The lowest BCUT2D eigenvalue weighted by Gasteiger charge is -2.30. The van der Waals surface area contributed by atoms with E-state index in [1.807, 2.05) is 30.1 Å². The van der Waals surface area contributed by atoms with E-state index in [4.69, 9.17) is 0 Å². The number of hydrogen-bond acceptors (Lipinski definition) is 3. The highest BCUT2D eigenvalue weighted by Crippen LogP contribution is 2.56. The number of carbonyl (C=O) groups excluding carboxylic acids is 1. The fourth-order valence-electron chi connectivity index (χ4n) is 5.23. The molecule has 0 radical (unpaired) electrons. The molecule has 1 spiro atoms. The highest BCUT2D eigenvalue weighted by Gasteiger charge is 2.58. The first-order chi connectivity index (χ1) is 13.2. The van der Waals surface area contributed by atoms with E-state index >= 15 is 0 Å². The van der Waals surface area contributed by atoms with Crippen LogP contribution in [0.1, 0.15) is 53.0 Å². The van der Waals surface area contributed by atoms with Gasteiger partial charge in [-0.25, -0.2) is 4.98 Å². The Labute approximate surface area is 160 Å². The average Bonchev–Trinajstić information content (AvgIpc) is 3.03. The topological polar surface area (TPSA) is 50.2 Å². The van der Waals surface area contributed by atoms with Crippen LogP contribution in [0.15, 0.2) is 30.6 Å². The minimum absolute atomic E-state index is 0.206. The summed E-state index contributed by atoms with van der Waals surface area (Å²) >= 11 is 0. The smallest absolute Gasteiger partial charge is 0.254 e. The predicted molar refractivity (Wildman–Crippen MR) is 104 cm³/mol. The molecule has 142 valence electrons. The summed E-state index contributed by atoms with van der Waals surface area (Å²) in [5.74, 6) is 1.17. The highest BCUT2D eigenvalue weighted by molar-refractivity contribution is 5.96. The summed E-state index contributed by atoms with van der Waals surface area (Å²) < 4.78 is 2.03. The number of hydrogen-bond donors (Lipinski definition) is 1. The lowest BCUT2D eigenvalue weighted by molar-refractivity contribution is 0.0684. The summed E-state index contributed by atoms with van der Waals surface area (Å²) in [5.41, 5.74) is 3.90. The molecule has 1 unspecified atom stereocenters. The summed E-state index contributed by atoms with van der Waals surface area (Å²) in [4.78, 5) is 20.4. The van der Waals surface area contributed by atoms with Crippen LogP contribution >= 0.6 is 0 Å². The number of amides is 1. The molecule has 5 rings (SSSR count). The van der Waals surface area contributed by atoms with Crippen LogP contribution in [0.3, 0.4) is 0 Å². The van der Waals surface area contributed by atoms with Gasteiger partial charge in [-0.1, -0.05) is 12.1 Å². The molecule has 1 amide bonds. The van der Waals surface area contributed by atoms with Crippen LogP contribution in [0.5, 0.6) is 0 Å². The van der Waals surface area contributed by atoms with E-state index in [1.54, 1.807) is 0 Å². The van der Waals surface area contributed by atoms with Crippen LogP contribution < -0.4 is 5.32 Å². The lowest BCUT2D eigenvalue weighted by atomic mass is 9.93. The van der Waals surface area contributed by atoms with Gasteiger partial charge >= 0.3 is 0 Å². The van der Waals surface area contributed by atoms with Gasteiger partial charge in [-0.2, -0.15) is 0 Å². The molecule has 1 aliphatic heterocycles. The van der Waals surface area contributed by atoms with Gasteiger partial charge in [0.25, 0.3) is 5.91 Å². The molecule has 2 aromatic rings. The Balaban J connectivity index is 1.48. The molecule has 1 saturated carbocycles. The maximum Gasteiger partial charge on any atom is 0.254 e. The first kappa shape index (κ1) is 17.0. The minimum atomic E-state index is 0.206. The van der Waals surface area contributed by atoms with Crippen LogP contribution in [0, 0.1) is 5.41 Å². The Morgan fingerprint density at radius 2 is 2.19 bits per heavy atom. The molecule has 5 heteroatoms. The van der Waals surface area contributed by atoms with Gasteiger partial charge < -0.3 is 14.8 Å². The third-order valence-corrected chi connectivity index (χ3v) is 6.99. The van der Waals surface area contributed by atoms with Crippen LogP contribution in [-0.4, -0.2) is 39.5 Å². The van der Waals surface area contributed by atoms with Gasteiger partial charge in [0.2, 0.25) is 0 Å². The van der Waals surface area contributed by atoms with Gasteiger partial charge in [-0.05, 0) is 74.2 Å². The summed E-state index contributed by atoms with van der Waals surface area (Å²) in [6, 6.07) is 6.63. The summed E-state index contributed by atoms with van der Waals surface area (Å²) in [5, 5.41) is 3.47. The Morgan fingerprint density at radius 1 is 1.33 bits per heavy atom. The van der Waals surface area contributed by atoms with Crippen molar-refractivity contribution in [3.8, 4) is 0 Å². The second kappa shape index (κ2) is 6.48. The van der Waals surface area contributed by atoms with Crippen LogP contribution in [0.2, 0.25) is 0 Å². The largest absolute Gasteiger partial charge is 0.337 e. The number of carbonyl (C=O) groups is 1. The van der Waals surface area contributed by atoms with Crippen molar-refractivity contribution in [1.29, 1.82) is 0 Å². The monoisotopic (exact) mass is 364 g/mol. The molecule has 1 atom stereocenters. The number of piperidine rings is 1. The molecule has 27 heavy (non-hydrogen) atoms. The van der Waals surface area contributed by atoms with Crippen LogP contribution in [-0.2, 0) is 26.4 Å². The first-order valence-corrected chi connectivity index (χ1v) is 10.3. The molecular formula is C22H28N4O. The van der Waals surface area contributed by atoms with E-state index in [2.05, 4.69) is 27.3 Å². The third kappa shape index (κ3) is 2.89. The average molecular weight is 364 g/mol. The van der Waals surface area contributed by atoms with Crippen molar-refractivity contribution in [3.05, 3.63) is 53.1 Å². The van der Waals surface area contributed by atoms with E-state index in [9.17, 15) is 4.79 Å². The fraction of sp³-hybridized carbons (Fsp3) is 0.545. The normalized spacial score (nSPS) is 22.6. The zero-order chi connectivity index (χ0) is 18.4. The van der Waals surface area contributed by atoms with Crippen molar-refractivity contribution in [2.45, 2.75) is 51.1 Å². The quantitative estimate of drug-likeness (QED) is 0.907. The molecule has 3 aliphatic rings. The second-order valence-electron chi connectivity index (χ2n) is 8.52. The molecule has 1 aromatic heterocycles. The number of aromatic nitrogens is 2. The highest BCUT2D eigenvalue weighted by atomic mass is 16.2. The molecule has 2 fully saturated rings. The second-order valence-corrected chi connectivity index (χ2v) is 8.52. The van der Waals surface area contributed by atoms with E-state index in [0.717, 1.165) is 50.2 Å². The molecule has 5 nitrogen and oxygen atoms in total.